The number of fused-ring (bicyclic) bond motifs is 1. The van der Waals surface area contributed by atoms with Gasteiger partial charge < -0.3 is 19.7 Å². The molecule has 4 rings (SSSR count). The number of carbonyl (C=O) groups excluding carboxylic acids is 2. The van der Waals surface area contributed by atoms with Gasteiger partial charge in [-0.1, -0.05) is 47.5 Å². The number of hydrogen-bond acceptors (Lipinski definition) is 4. The highest BCUT2D eigenvalue weighted by Crippen LogP contribution is 2.36. The molecule has 0 aliphatic carbocycles. The van der Waals surface area contributed by atoms with Crippen LogP contribution in [0.4, 0.5) is 11.4 Å². The zero-order chi connectivity index (χ0) is 24.1. The summed E-state index contributed by atoms with van der Waals surface area (Å²) in [4.78, 5) is 26.9. The first kappa shape index (κ1) is 23.1. The number of aryl methyl sites for hydroxylation is 2. The standard InChI is InChI=1S/C28H28N2O4/c1-19-4-8-22(9-5-19)10-15-27(31)29-23-11-14-26-25(18-23)30(28(32)21(3)34-26)16-17-33-24-12-6-20(2)7-13-24/h4-15,18,21H,16-17H2,1-3H3,(H,29,31)/b15-10+. The van der Waals surface area contributed by atoms with E-state index in [2.05, 4.69) is 5.32 Å². The van der Waals surface area contributed by atoms with Crippen molar-refractivity contribution in [1.82, 2.24) is 0 Å². The molecule has 1 N–H and O–H groups in total. The molecular formula is C28H28N2O4. The Kier molecular flexibility index (Phi) is 6.97. The zero-order valence-corrected chi connectivity index (χ0v) is 19.6. The topological polar surface area (TPSA) is 67.9 Å². The minimum absolute atomic E-state index is 0.150. The van der Waals surface area contributed by atoms with Gasteiger partial charge in [-0.05, 0) is 62.7 Å². The third kappa shape index (κ3) is 5.64. The molecule has 0 aromatic heterocycles. The van der Waals surface area contributed by atoms with Gasteiger partial charge in [0.15, 0.2) is 6.10 Å². The van der Waals surface area contributed by atoms with E-state index in [4.69, 9.17) is 9.47 Å². The van der Waals surface area contributed by atoms with Gasteiger partial charge >= 0.3 is 0 Å². The zero-order valence-electron chi connectivity index (χ0n) is 19.6. The van der Waals surface area contributed by atoms with Gasteiger partial charge in [-0.15, -0.1) is 0 Å². The maximum Gasteiger partial charge on any atom is 0.267 e. The molecule has 1 atom stereocenters. The molecule has 1 unspecified atom stereocenters. The Morgan fingerprint density at radius 3 is 2.41 bits per heavy atom. The maximum atomic E-state index is 12.8. The number of hydrogen-bond donors (Lipinski definition) is 1. The highest BCUT2D eigenvalue weighted by atomic mass is 16.5. The third-order valence-corrected chi connectivity index (χ3v) is 5.54. The summed E-state index contributed by atoms with van der Waals surface area (Å²) in [6.07, 6.45) is 2.65. The van der Waals surface area contributed by atoms with Gasteiger partial charge in [-0.25, -0.2) is 0 Å². The summed E-state index contributed by atoms with van der Waals surface area (Å²) in [6, 6.07) is 21.0. The fourth-order valence-electron chi connectivity index (χ4n) is 3.64. The van der Waals surface area contributed by atoms with Crippen LogP contribution in [0.1, 0.15) is 23.6 Å². The van der Waals surface area contributed by atoms with Gasteiger partial charge in [0.05, 0.1) is 12.2 Å². The van der Waals surface area contributed by atoms with E-state index in [-0.39, 0.29) is 11.8 Å². The normalized spacial score (nSPS) is 15.1. The fraction of sp³-hybridized carbons (Fsp3) is 0.214. The van der Waals surface area contributed by atoms with Crippen molar-refractivity contribution in [3.8, 4) is 11.5 Å². The average Bonchev–Trinajstić information content (AvgIpc) is 2.83. The lowest BCUT2D eigenvalue weighted by Crippen LogP contribution is -2.46. The van der Waals surface area contributed by atoms with Crippen molar-refractivity contribution in [3.05, 3.63) is 89.5 Å². The van der Waals surface area contributed by atoms with Crippen LogP contribution in [-0.2, 0) is 9.59 Å². The maximum absolute atomic E-state index is 12.8. The van der Waals surface area contributed by atoms with Crippen LogP contribution in [0.3, 0.4) is 0 Å². The van der Waals surface area contributed by atoms with Gasteiger partial charge in [0.2, 0.25) is 5.91 Å². The highest BCUT2D eigenvalue weighted by Gasteiger charge is 2.31. The number of nitrogens with one attached hydrogen (secondary N) is 1. The Hall–Kier alpha value is -4.06. The first-order valence-electron chi connectivity index (χ1n) is 11.3. The second-order valence-corrected chi connectivity index (χ2v) is 8.33. The van der Waals surface area contributed by atoms with Crippen molar-refractivity contribution in [3.63, 3.8) is 0 Å². The van der Waals surface area contributed by atoms with Crippen LogP contribution < -0.4 is 19.7 Å². The molecule has 0 fully saturated rings. The summed E-state index contributed by atoms with van der Waals surface area (Å²) in [5.74, 6) is 0.936. The SMILES string of the molecule is Cc1ccc(/C=C/C(=O)Nc2ccc3c(c2)N(CCOc2ccc(C)cc2)C(=O)C(C)O3)cc1. The number of nitrogens with zero attached hydrogens (tertiary/aromatic N) is 1. The van der Waals surface area contributed by atoms with E-state index in [0.717, 1.165) is 22.4 Å². The first-order chi connectivity index (χ1) is 16.4. The summed E-state index contributed by atoms with van der Waals surface area (Å²) in [5, 5.41) is 2.86. The molecule has 0 spiro atoms. The van der Waals surface area contributed by atoms with E-state index in [1.165, 1.54) is 6.08 Å². The van der Waals surface area contributed by atoms with Crippen LogP contribution >= 0.6 is 0 Å². The number of carbonyl (C=O) groups is 2. The molecule has 6 heteroatoms. The minimum atomic E-state index is -0.593. The summed E-state index contributed by atoms with van der Waals surface area (Å²) in [5.41, 5.74) is 4.44. The summed E-state index contributed by atoms with van der Waals surface area (Å²) < 4.78 is 11.6. The van der Waals surface area contributed by atoms with Crippen molar-refractivity contribution in [2.45, 2.75) is 26.9 Å². The predicted molar refractivity (Wildman–Crippen MR) is 134 cm³/mol. The molecule has 3 aromatic rings. The molecule has 1 heterocycles. The van der Waals surface area contributed by atoms with Crippen molar-refractivity contribution in [2.75, 3.05) is 23.4 Å². The number of rotatable bonds is 7. The molecular weight excluding hydrogens is 428 g/mol. The van der Waals surface area contributed by atoms with E-state index in [9.17, 15) is 9.59 Å². The van der Waals surface area contributed by atoms with E-state index in [0.29, 0.717) is 30.3 Å². The summed E-state index contributed by atoms with van der Waals surface area (Å²) in [6.45, 7) is 6.45. The lowest BCUT2D eigenvalue weighted by molar-refractivity contribution is -0.125. The number of benzene rings is 3. The largest absolute Gasteiger partial charge is 0.492 e. The minimum Gasteiger partial charge on any atom is -0.492 e. The highest BCUT2D eigenvalue weighted by molar-refractivity contribution is 6.04. The second kappa shape index (κ2) is 10.3. The van der Waals surface area contributed by atoms with E-state index < -0.39 is 6.10 Å². The Morgan fingerprint density at radius 1 is 1.03 bits per heavy atom. The third-order valence-electron chi connectivity index (χ3n) is 5.54. The summed E-state index contributed by atoms with van der Waals surface area (Å²) in [7, 11) is 0. The lowest BCUT2D eigenvalue weighted by atomic mass is 10.1. The quantitative estimate of drug-likeness (QED) is 0.500. The van der Waals surface area contributed by atoms with Crippen molar-refractivity contribution < 1.29 is 19.1 Å². The van der Waals surface area contributed by atoms with Crippen molar-refractivity contribution in [2.24, 2.45) is 0 Å². The molecule has 0 saturated heterocycles. The Bertz CT molecular complexity index is 1200. The van der Waals surface area contributed by atoms with Crippen LogP contribution in [0.25, 0.3) is 6.08 Å². The molecule has 1 aliphatic heterocycles. The van der Waals surface area contributed by atoms with Gasteiger partial charge in [-0.3, -0.25) is 9.59 Å². The lowest BCUT2D eigenvalue weighted by Gasteiger charge is -2.33. The van der Waals surface area contributed by atoms with E-state index >= 15 is 0 Å². The number of ether oxygens (including phenoxy) is 2. The van der Waals surface area contributed by atoms with Crippen LogP contribution in [0, 0.1) is 13.8 Å². The van der Waals surface area contributed by atoms with Crippen molar-refractivity contribution >= 4 is 29.3 Å². The molecule has 3 aromatic carbocycles. The number of amides is 2. The van der Waals surface area contributed by atoms with Gasteiger partial charge in [0.1, 0.15) is 18.1 Å². The molecule has 174 valence electrons. The smallest absolute Gasteiger partial charge is 0.267 e. The van der Waals surface area contributed by atoms with Crippen LogP contribution in [0.2, 0.25) is 0 Å². The Labute approximate surface area is 199 Å². The molecule has 34 heavy (non-hydrogen) atoms. The molecule has 0 bridgehead atoms. The first-order valence-corrected chi connectivity index (χ1v) is 11.3. The summed E-state index contributed by atoms with van der Waals surface area (Å²) >= 11 is 0. The predicted octanol–water partition coefficient (Wildman–Crippen LogP) is 5.15. The van der Waals surface area contributed by atoms with Crippen LogP contribution in [0.15, 0.2) is 72.8 Å². The molecule has 1 aliphatic rings. The van der Waals surface area contributed by atoms with Gasteiger partial charge in [0, 0.05) is 11.8 Å². The van der Waals surface area contributed by atoms with Crippen LogP contribution in [-0.4, -0.2) is 31.1 Å². The second-order valence-electron chi connectivity index (χ2n) is 8.33. The number of anilines is 2. The monoisotopic (exact) mass is 456 g/mol. The van der Waals surface area contributed by atoms with Crippen LogP contribution in [0.5, 0.6) is 11.5 Å². The molecule has 2 amide bonds. The average molecular weight is 457 g/mol. The van der Waals surface area contributed by atoms with Gasteiger partial charge in [-0.2, -0.15) is 0 Å². The van der Waals surface area contributed by atoms with E-state index in [1.807, 2.05) is 62.4 Å². The Balaban J connectivity index is 1.45. The van der Waals surface area contributed by atoms with E-state index in [1.54, 1.807) is 36.1 Å². The molecule has 0 radical (unpaired) electrons. The van der Waals surface area contributed by atoms with Gasteiger partial charge in [0.25, 0.3) is 5.91 Å². The molecule has 6 nitrogen and oxygen atoms in total. The van der Waals surface area contributed by atoms with Crippen molar-refractivity contribution in [1.29, 1.82) is 0 Å². The fourth-order valence-corrected chi connectivity index (χ4v) is 3.64. The molecule has 0 saturated carbocycles. The Morgan fingerprint density at radius 2 is 1.71 bits per heavy atom.